The maximum absolute atomic E-state index is 3.77. The summed E-state index contributed by atoms with van der Waals surface area (Å²) < 4.78 is 0. The third-order valence-corrected chi connectivity index (χ3v) is 2.25. The number of rotatable bonds is 6. The molecule has 2 atom stereocenters. The smallest absolute Gasteiger partial charge is 0.0327 e. The zero-order chi connectivity index (χ0) is 9.56. The summed E-state index contributed by atoms with van der Waals surface area (Å²) in [4.78, 5) is 0. The average molecular weight is 168 g/mol. The quantitative estimate of drug-likeness (QED) is 0.519. The first-order chi connectivity index (χ1) is 5.56. The third kappa shape index (κ3) is 6.45. The molecule has 0 fully saturated rings. The lowest BCUT2D eigenvalue weighted by molar-refractivity contribution is 0.356. The molecule has 12 heavy (non-hydrogen) atoms. The summed E-state index contributed by atoms with van der Waals surface area (Å²) in [6.07, 6.45) is 5.92. The molecule has 0 aromatic heterocycles. The minimum atomic E-state index is 0.816. The van der Waals surface area contributed by atoms with E-state index in [1.54, 1.807) is 0 Å². The highest BCUT2D eigenvalue weighted by atomic mass is 14.1. The van der Waals surface area contributed by atoms with Crippen LogP contribution in [0.3, 0.4) is 0 Å². The highest BCUT2D eigenvalue weighted by Gasteiger charge is 2.08. The van der Waals surface area contributed by atoms with Crippen molar-refractivity contribution in [1.29, 1.82) is 0 Å². The average Bonchev–Trinajstić information content (AvgIpc) is 1.84. The predicted molar refractivity (Wildman–Crippen MR) is 57.2 cm³/mol. The van der Waals surface area contributed by atoms with Crippen molar-refractivity contribution < 1.29 is 0 Å². The SMILES string of the molecule is C=CCC(C)CC(C)CC(C)C. The molecule has 0 rings (SSSR count). The van der Waals surface area contributed by atoms with Crippen molar-refractivity contribution in [3.8, 4) is 0 Å². The Morgan fingerprint density at radius 3 is 2.00 bits per heavy atom. The molecular formula is C12H24. The van der Waals surface area contributed by atoms with E-state index in [1.807, 2.05) is 6.08 Å². The van der Waals surface area contributed by atoms with Crippen molar-refractivity contribution in [2.45, 2.75) is 47.0 Å². The van der Waals surface area contributed by atoms with Gasteiger partial charge in [0.2, 0.25) is 0 Å². The zero-order valence-corrected chi connectivity index (χ0v) is 9.14. The predicted octanol–water partition coefficient (Wildman–Crippen LogP) is 4.27. The molecule has 0 aliphatic carbocycles. The Bertz CT molecular complexity index is 113. The van der Waals surface area contributed by atoms with Gasteiger partial charge in [0.25, 0.3) is 0 Å². The van der Waals surface area contributed by atoms with Gasteiger partial charge in [0.05, 0.1) is 0 Å². The Kier molecular flexibility index (Phi) is 6.14. The van der Waals surface area contributed by atoms with E-state index in [4.69, 9.17) is 0 Å². The van der Waals surface area contributed by atoms with Crippen molar-refractivity contribution in [2.75, 3.05) is 0 Å². The van der Waals surface area contributed by atoms with E-state index in [2.05, 4.69) is 34.3 Å². The van der Waals surface area contributed by atoms with Crippen LogP contribution < -0.4 is 0 Å². The van der Waals surface area contributed by atoms with Crippen LogP contribution >= 0.6 is 0 Å². The largest absolute Gasteiger partial charge is 0.103 e. The molecule has 2 unspecified atom stereocenters. The summed E-state index contributed by atoms with van der Waals surface area (Å²) in [7, 11) is 0. The fourth-order valence-corrected chi connectivity index (χ4v) is 1.97. The van der Waals surface area contributed by atoms with Gasteiger partial charge in [-0.05, 0) is 37.0 Å². The van der Waals surface area contributed by atoms with Crippen molar-refractivity contribution in [2.24, 2.45) is 17.8 Å². The molecule has 0 heteroatoms. The lowest BCUT2D eigenvalue weighted by Gasteiger charge is -2.17. The summed E-state index contributed by atoms with van der Waals surface area (Å²) in [6, 6.07) is 0. The lowest BCUT2D eigenvalue weighted by Crippen LogP contribution is -2.05. The van der Waals surface area contributed by atoms with Gasteiger partial charge in [-0.3, -0.25) is 0 Å². The Hall–Kier alpha value is -0.260. The number of allylic oxidation sites excluding steroid dienone is 1. The van der Waals surface area contributed by atoms with Crippen LogP contribution in [0.15, 0.2) is 12.7 Å². The Labute approximate surface area is 78.1 Å². The van der Waals surface area contributed by atoms with Gasteiger partial charge in [-0.25, -0.2) is 0 Å². The minimum absolute atomic E-state index is 0.816. The standard InChI is InChI=1S/C12H24/c1-6-7-11(4)9-12(5)8-10(2)3/h6,10-12H,1,7-9H2,2-5H3. The zero-order valence-electron chi connectivity index (χ0n) is 9.14. The molecule has 0 amide bonds. The molecule has 0 saturated heterocycles. The van der Waals surface area contributed by atoms with Gasteiger partial charge < -0.3 is 0 Å². The van der Waals surface area contributed by atoms with E-state index in [0.717, 1.165) is 17.8 Å². The van der Waals surface area contributed by atoms with Gasteiger partial charge in [0, 0.05) is 0 Å². The molecule has 0 bridgehead atoms. The van der Waals surface area contributed by atoms with Crippen molar-refractivity contribution in [3.63, 3.8) is 0 Å². The second kappa shape index (κ2) is 6.28. The van der Waals surface area contributed by atoms with Gasteiger partial charge in [-0.1, -0.05) is 33.8 Å². The fraction of sp³-hybridized carbons (Fsp3) is 0.833. The Morgan fingerprint density at radius 2 is 1.58 bits per heavy atom. The highest BCUT2D eigenvalue weighted by Crippen LogP contribution is 2.21. The molecule has 0 aliphatic rings. The molecule has 72 valence electrons. The molecule has 0 N–H and O–H groups in total. The van der Waals surface area contributed by atoms with Crippen LogP contribution in [0.4, 0.5) is 0 Å². The summed E-state index contributed by atoms with van der Waals surface area (Å²) in [5.74, 6) is 2.53. The molecule has 0 nitrogen and oxygen atoms in total. The molecule has 0 aliphatic heterocycles. The summed E-state index contributed by atoms with van der Waals surface area (Å²) in [6.45, 7) is 13.0. The van der Waals surface area contributed by atoms with Gasteiger partial charge in [0.1, 0.15) is 0 Å². The number of hydrogen-bond acceptors (Lipinski definition) is 0. The molecule has 0 spiro atoms. The van der Waals surface area contributed by atoms with Crippen LogP contribution in [0, 0.1) is 17.8 Å². The minimum Gasteiger partial charge on any atom is -0.103 e. The van der Waals surface area contributed by atoms with Crippen molar-refractivity contribution >= 4 is 0 Å². The fourth-order valence-electron chi connectivity index (χ4n) is 1.97. The topological polar surface area (TPSA) is 0 Å². The second-order valence-electron chi connectivity index (χ2n) is 4.60. The van der Waals surface area contributed by atoms with Crippen LogP contribution in [-0.4, -0.2) is 0 Å². The maximum atomic E-state index is 3.77. The highest BCUT2D eigenvalue weighted by molar-refractivity contribution is 4.72. The van der Waals surface area contributed by atoms with Gasteiger partial charge in [-0.15, -0.1) is 6.58 Å². The second-order valence-corrected chi connectivity index (χ2v) is 4.60. The summed E-state index contributed by atoms with van der Waals surface area (Å²) >= 11 is 0. The van der Waals surface area contributed by atoms with Crippen LogP contribution in [0.25, 0.3) is 0 Å². The first kappa shape index (κ1) is 11.7. The molecule has 0 aromatic carbocycles. The van der Waals surface area contributed by atoms with E-state index in [-0.39, 0.29) is 0 Å². The summed E-state index contributed by atoms with van der Waals surface area (Å²) in [5.41, 5.74) is 0. The van der Waals surface area contributed by atoms with Crippen LogP contribution in [-0.2, 0) is 0 Å². The lowest BCUT2D eigenvalue weighted by atomic mass is 9.89. The van der Waals surface area contributed by atoms with Gasteiger partial charge in [0.15, 0.2) is 0 Å². The van der Waals surface area contributed by atoms with Gasteiger partial charge in [-0.2, -0.15) is 0 Å². The normalized spacial score (nSPS) is 16.1. The molecule has 0 saturated carbocycles. The molecule has 0 aromatic rings. The van der Waals surface area contributed by atoms with Crippen LogP contribution in [0.5, 0.6) is 0 Å². The van der Waals surface area contributed by atoms with Gasteiger partial charge >= 0.3 is 0 Å². The Morgan fingerprint density at radius 1 is 1.00 bits per heavy atom. The summed E-state index contributed by atoms with van der Waals surface area (Å²) in [5, 5.41) is 0. The monoisotopic (exact) mass is 168 g/mol. The first-order valence-electron chi connectivity index (χ1n) is 5.17. The number of hydrogen-bond donors (Lipinski definition) is 0. The van der Waals surface area contributed by atoms with Crippen LogP contribution in [0.2, 0.25) is 0 Å². The van der Waals surface area contributed by atoms with Crippen molar-refractivity contribution in [1.82, 2.24) is 0 Å². The van der Waals surface area contributed by atoms with E-state index in [0.29, 0.717) is 0 Å². The molecular weight excluding hydrogens is 144 g/mol. The van der Waals surface area contributed by atoms with Crippen molar-refractivity contribution in [3.05, 3.63) is 12.7 Å². The van der Waals surface area contributed by atoms with Crippen LogP contribution in [0.1, 0.15) is 47.0 Å². The van der Waals surface area contributed by atoms with E-state index >= 15 is 0 Å². The van der Waals surface area contributed by atoms with E-state index < -0.39 is 0 Å². The third-order valence-electron chi connectivity index (χ3n) is 2.25. The Balaban J connectivity index is 3.53. The molecule has 0 heterocycles. The van der Waals surface area contributed by atoms with E-state index in [9.17, 15) is 0 Å². The van der Waals surface area contributed by atoms with E-state index in [1.165, 1.54) is 19.3 Å². The molecule has 0 radical (unpaired) electrons. The maximum Gasteiger partial charge on any atom is -0.0327 e. The first-order valence-corrected chi connectivity index (χ1v) is 5.17.